The maximum Gasteiger partial charge on any atom is 0.180 e. The van der Waals surface area contributed by atoms with Gasteiger partial charge in [0, 0.05) is 17.5 Å². The Hall–Kier alpha value is -2.40. The van der Waals surface area contributed by atoms with Crippen molar-refractivity contribution >= 4 is 16.5 Å². The third-order valence-electron chi connectivity index (χ3n) is 3.26. The summed E-state index contributed by atoms with van der Waals surface area (Å²) in [5, 5.41) is 0.565. The van der Waals surface area contributed by atoms with Crippen LogP contribution in [0.3, 0.4) is 0 Å². The number of nitrogens with zero attached hydrogens (tertiary/aromatic N) is 2. The van der Waals surface area contributed by atoms with Crippen LogP contribution < -0.4 is 10.5 Å². The van der Waals surface area contributed by atoms with Gasteiger partial charge in [0.15, 0.2) is 5.13 Å². The van der Waals surface area contributed by atoms with Crippen molar-refractivity contribution in [2.24, 2.45) is 0 Å². The molecule has 2 heterocycles. The molecule has 0 amide bonds. The fraction of sp³-hybridized carbons (Fsp3) is 0.222. The number of nitrogens with two attached hydrogens (primary N) is 1. The summed E-state index contributed by atoms with van der Waals surface area (Å²) in [6.07, 6.45) is 2.69. The maximum atomic E-state index is 5.92. The zero-order chi connectivity index (χ0) is 16.2. The lowest BCUT2D eigenvalue weighted by Gasteiger charge is -2.10. The lowest BCUT2D eigenvalue weighted by Crippen LogP contribution is -2.05. The first kappa shape index (κ1) is 15.5. The Morgan fingerprint density at radius 1 is 1.17 bits per heavy atom. The van der Waals surface area contributed by atoms with Crippen molar-refractivity contribution < 1.29 is 4.74 Å². The van der Waals surface area contributed by atoms with Crippen LogP contribution in [0.1, 0.15) is 24.3 Å². The average Bonchev–Trinajstić information content (AvgIpc) is 2.88. The summed E-state index contributed by atoms with van der Waals surface area (Å²) in [4.78, 5) is 9.95. The van der Waals surface area contributed by atoms with Gasteiger partial charge in [-0.1, -0.05) is 18.2 Å². The van der Waals surface area contributed by atoms with Gasteiger partial charge in [0.25, 0.3) is 0 Å². The van der Waals surface area contributed by atoms with E-state index in [2.05, 4.69) is 22.1 Å². The van der Waals surface area contributed by atoms with Crippen LogP contribution in [-0.2, 0) is 6.42 Å². The number of ether oxygens (including phenoxy) is 1. The summed E-state index contributed by atoms with van der Waals surface area (Å²) in [5.74, 6) is 0.884. The molecule has 3 rings (SSSR count). The zero-order valence-corrected chi connectivity index (χ0v) is 14.0. The van der Waals surface area contributed by atoms with Crippen molar-refractivity contribution in [3.8, 4) is 17.1 Å². The minimum Gasteiger partial charge on any atom is -0.491 e. The third kappa shape index (κ3) is 3.87. The second-order valence-electron chi connectivity index (χ2n) is 5.53. The van der Waals surface area contributed by atoms with E-state index < -0.39 is 0 Å². The molecule has 0 radical (unpaired) electrons. The van der Waals surface area contributed by atoms with Crippen molar-refractivity contribution in [3.05, 3.63) is 59.1 Å². The van der Waals surface area contributed by atoms with Crippen LogP contribution in [0.25, 0.3) is 11.4 Å². The van der Waals surface area contributed by atoms with E-state index >= 15 is 0 Å². The van der Waals surface area contributed by atoms with Crippen molar-refractivity contribution in [1.82, 2.24) is 9.97 Å². The van der Waals surface area contributed by atoms with E-state index in [0.717, 1.165) is 28.4 Å². The lowest BCUT2D eigenvalue weighted by molar-refractivity contribution is 0.242. The lowest BCUT2D eigenvalue weighted by atomic mass is 10.1. The van der Waals surface area contributed by atoms with E-state index in [1.165, 1.54) is 16.9 Å². The van der Waals surface area contributed by atoms with Crippen LogP contribution in [0.2, 0.25) is 0 Å². The van der Waals surface area contributed by atoms with Gasteiger partial charge in [-0.15, -0.1) is 11.3 Å². The Morgan fingerprint density at radius 2 is 2.04 bits per heavy atom. The molecule has 0 bridgehead atoms. The molecule has 2 N–H and O–H groups in total. The Morgan fingerprint density at radius 3 is 2.78 bits per heavy atom. The van der Waals surface area contributed by atoms with Gasteiger partial charge in [-0.3, -0.25) is 4.98 Å². The fourth-order valence-electron chi connectivity index (χ4n) is 2.38. The number of hydrogen-bond acceptors (Lipinski definition) is 5. The van der Waals surface area contributed by atoms with Gasteiger partial charge in [0.1, 0.15) is 11.4 Å². The molecule has 118 valence electrons. The maximum absolute atomic E-state index is 5.92. The van der Waals surface area contributed by atoms with Gasteiger partial charge in [-0.25, -0.2) is 4.98 Å². The first-order chi connectivity index (χ1) is 11.1. The quantitative estimate of drug-likeness (QED) is 0.765. The molecule has 0 aliphatic heterocycles. The van der Waals surface area contributed by atoms with Gasteiger partial charge in [0.05, 0.1) is 11.8 Å². The first-order valence-corrected chi connectivity index (χ1v) is 8.35. The molecule has 0 unspecified atom stereocenters. The number of thiazole rings is 1. The van der Waals surface area contributed by atoms with Crippen molar-refractivity contribution in [2.75, 3.05) is 5.73 Å². The second kappa shape index (κ2) is 6.79. The Balaban J connectivity index is 1.89. The molecule has 3 aromatic rings. The molecule has 0 saturated carbocycles. The number of anilines is 1. The van der Waals surface area contributed by atoms with Crippen molar-refractivity contribution in [1.29, 1.82) is 0 Å². The van der Waals surface area contributed by atoms with E-state index in [1.807, 2.05) is 44.2 Å². The summed E-state index contributed by atoms with van der Waals surface area (Å²) in [7, 11) is 0. The summed E-state index contributed by atoms with van der Waals surface area (Å²) >= 11 is 1.51. The zero-order valence-electron chi connectivity index (χ0n) is 13.2. The van der Waals surface area contributed by atoms with Gasteiger partial charge >= 0.3 is 0 Å². The van der Waals surface area contributed by atoms with Crippen LogP contribution >= 0.6 is 11.3 Å². The van der Waals surface area contributed by atoms with Gasteiger partial charge in [0.2, 0.25) is 0 Å². The number of pyridine rings is 1. The molecule has 0 spiro atoms. The van der Waals surface area contributed by atoms with Crippen molar-refractivity contribution in [3.63, 3.8) is 0 Å². The molecule has 0 aliphatic rings. The normalized spacial score (nSPS) is 10.9. The molecular formula is C18H19N3OS. The van der Waals surface area contributed by atoms with E-state index in [4.69, 9.17) is 10.5 Å². The average molecular weight is 325 g/mol. The molecule has 0 aliphatic carbocycles. The topological polar surface area (TPSA) is 61.0 Å². The number of aromatic nitrogens is 2. The standard InChI is InChI=1S/C18H19N3OS/c1-12(2)22-14-7-5-6-13(10-14)11-16-17(21-18(19)23-16)15-8-3-4-9-20-15/h3-10,12H,11H2,1-2H3,(H2,19,21). The van der Waals surface area contributed by atoms with Gasteiger partial charge in [-0.2, -0.15) is 0 Å². The molecule has 0 saturated heterocycles. The van der Waals surface area contributed by atoms with E-state index in [9.17, 15) is 0 Å². The molecule has 1 aromatic carbocycles. The van der Waals surface area contributed by atoms with Crippen LogP contribution in [0.5, 0.6) is 5.75 Å². The largest absolute Gasteiger partial charge is 0.491 e. The minimum atomic E-state index is 0.161. The monoisotopic (exact) mass is 325 g/mol. The second-order valence-corrected chi connectivity index (χ2v) is 6.64. The van der Waals surface area contributed by atoms with Gasteiger partial charge < -0.3 is 10.5 Å². The highest BCUT2D eigenvalue weighted by Gasteiger charge is 2.13. The Kier molecular flexibility index (Phi) is 4.57. The number of nitrogen functional groups attached to an aromatic ring is 1. The summed E-state index contributed by atoms with van der Waals surface area (Å²) in [6, 6.07) is 14.0. The molecule has 23 heavy (non-hydrogen) atoms. The highest BCUT2D eigenvalue weighted by atomic mass is 32.1. The predicted octanol–water partition coefficient (Wildman–Crippen LogP) is 4.17. The highest BCUT2D eigenvalue weighted by molar-refractivity contribution is 7.15. The first-order valence-electron chi connectivity index (χ1n) is 7.54. The summed E-state index contributed by atoms with van der Waals surface area (Å²) in [5.41, 5.74) is 8.81. The molecule has 2 aromatic heterocycles. The fourth-order valence-corrected chi connectivity index (χ4v) is 3.25. The smallest absolute Gasteiger partial charge is 0.180 e. The molecule has 4 nitrogen and oxygen atoms in total. The highest BCUT2D eigenvalue weighted by Crippen LogP contribution is 2.31. The van der Waals surface area contributed by atoms with E-state index in [-0.39, 0.29) is 6.10 Å². The predicted molar refractivity (Wildman–Crippen MR) is 94.8 cm³/mol. The summed E-state index contributed by atoms with van der Waals surface area (Å²) in [6.45, 7) is 4.05. The van der Waals surface area contributed by atoms with Crippen molar-refractivity contribution in [2.45, 2.75) is 26.4 Å². The van der Waals surface area contributed by atoms with Gasteiger partial charge in [-0.05, 0) is 43.7 Å². The van der Waals surface area contributed by atoms with Crippen LogP contribution in [0, 0.1) is 0 Å². The third-order valence-corrected chi connectivity index (χ3v) is 4.14. The minimum absolute atomic E-state index is 0.161. The SMILES string of the molecule is CC(C)Oc1cccc(Cc2sc(N)nc2-c2ccccn2)c1. The Labute approximate surface area is 140 Å². The molecular weight excluding hydrogens is 306 g/mol. The van der Waals surface area contributed by atoms with Crippen LogP contribution in [0.15, 0.2) is 48.7 Å². The Bertz CT molecular complexity index is 784. The van der Waals surface area contributed by atoms with Crippen LogP contribution in [-0.4, -0.2) is 16.1 Å². The van der Waals surface area contributed by atoms with Crippen LogP contribution in [0.4, 0.5) is 5.13 Å². The summed E-state index contributed by atoms with van der Waals surface area (Å²) < 4.78 is 5.76. The molecule has 5 heteroatoms. The van der Waals surface area contributed by atoms with E-state index in [1.54, 1.807) is 6.20 Å². The number of benzene rings is 1. The van der Waals surface area contributed by atoms with E-state index in [0.29, 0.717) is 5.13 Å². The molecule has 0 fully saturated rings. The number of hydrogen-bond donors (Lipinski definition) is 1. The molecule has 0 atom stereocenters. The number of rotatable bonds is 5.